The van der Waals surface area contributed by atoms with E-state index >= 15 is 0 Å². The fraction of sp³-hybridized carbons (Fsp3) is 0.333. The summed E-state index contributed by atoms with van der Waals surface area (Å²) < 4.78 is 33.1. The second kappa shape index (κ2) is 4.91. The molecule has 0 unspecified atom stereocenters. The topological polar surface area (TPSA) is 83.8 Å². The SMILES string of the molecule is C=CCOCC(O)=CS(=O)(=O)O. The summed E-state index contributed by atoms with van der Waals surface area (Å²) in [5.41, 5.74) is 0. The third-order valence-electron chi connectivity index (χ3n) is 0.771. The molecule has 0 fully saturated rings. The minimum atomic E-state index is -4.28. The maximum Gasteiger partial charge on any atom is 0.291 e. The van der Waals surface area contributed by atoms with Crippen LogP contribution >= 0.6 is 0 Å². The Balaban J connectivity index is 3.95. The molecule has 0 heterocycles. The number of ether oxygens (including phenoxy) is 1. The van der Waals surface area contributed by atoms with Gasteiger partial charge in [-0.1, -0.05) is 6.08 Å². The van der Waals surface area contributed by atoms with Crippen molar-refractivity contribution in [2.75, 3.05) is 13.2 Å². The predicted octanol–water partition coefficient (Wildman–Crippen LogP) is 0.476. The lowest BCUT2D eigenvalue weighted by molar-refractivity contribution is 0.153. The Labute approximate surface area is 70.7 Å². The first-order chi connectivity index (χ1) is 5.45. The number of hydrogen-bond acceptors (Lipinski definition) is 4. The number of rotatable bonds is 5. The average molecular weight is 194 g/mol. The molecule has 0 atom stereocenters. The van der Waals surface area contributed by atoms with Crippen LogP contribution < -0.4 is 0 Å². The molecule has 0 rings (SSSR count). The van der Waals surface area contributed by atoms with Crippen LogP contribution in [0.1, 0.15) is 0 Å². The van der Waals surface area contributed by atoms with Gasteiger partial charge in [0.2, 0.25) is 0 Å². The Morgan fingerprint density at radius 3 is 2.58 bits per heavy atom. The summed E-state index contributed by atoms with van der Waals surface area (Å²) in [6, 6.07) is 0. The lowest BCUT2D eigenvalue weighted by Crippen LogP contribution is -2.01. The van der Waals surface area contributed by atoms with Gasteiger partial charge >= 0.3 is 0 Å². The first-order valence-corrected chi connectivity index (χ1v) is 4.51. The predicted molar refractivity (Wildman–Crippen MR) is 43.3 cm³/mol. The maximum atomic E-state index is 10.1. The van der Waals surface area contributed by atoms with Crippen molar-refractivity contribution >= 4 is 10.1 Å². The van der Waals surface area contributed by atoms with Crippen molar-refractivity contribution in [2.45, 2.75) is 0 Å². The van der Waals surface area contributed by atoms with E-state index in [2.05, 4.69) is 11.3 Å². The standard InChI is InChI=1S/C6H10O5S/c1-2-3-11-4-6(7)5-12(8,9)10/h2,5,7H,1,3-4H2,(H,8,9,10). The van der Waals surface area contributed by atoms with Crippen LogP contribution in [0.4, 0.5) is 0 Å². The second-order valence-electron chi connectivity index (χ2n) is 1.93. The van der Waals surface area contributed by atoms with Crippen molar-refractivity contribution in [3.8, 4) is 0 Å². The zero-order valence-electron chi connectivity index (χ0n) is 6.30. The number of aliphatic hydroxyl groups excluding tert-OH is 1. The Bertz CT molecular complexity index is 264. The van der Waals surface area contributed by atoms with Crippen molar-refractivity contribution in [3.63, 3.8) is 0 Å². The van der Waals surface area contributed by atoms with E-state index < -0.39 is 15.9 Å². The second-order valence-corrected chi connectivity index (χ2v) is 3.19. The van der Waals surface area contributed by atoms with Gasteiger partial charge in [-0.15, -0.1) is 6.58 Å². The smallest absolute Gasteiger partial charge is 0.291 e. The molecule has 0 amide bonds. The molecule has 0 bridgehead atoms. The van der Waals surface area contributed by atoms with Gasteiger partial charge in [0.25, 0.3) is 10.1 Å². The van der Waals surface area contributed by atoms with Gasteiger partial charge in [-0.2, -0.15) is 8.42 Å². The lowest BCUT2D eigenvalue weighted by atomic mass is 10.6. The fourth-order valence-electron chi connectivity index (χ4n) is 0.453. The molecule has 0 aromatic rings. The van der Waals surface area contributed by atoms with Crippen molar-refractivity contribution in [1.29, 1.82) is 0 Å². The molecule has 0 aromatic carbocycles. The van der Waals surface area contributed by atoms with E-state index in [0.717, 1.165) is 0 Å². The summed E-state index contributed by atoms with van der Waals surface area (Å²) in [6.07, 6.45) is 1.45. The van der Waals surface area contributed by atoms with Gasteiger partial charge in [-0.3, -0.25) is 4.55 Å². The van der Waals surface area contributed by atoms with E-state index in [1.807, 2.05) is 0 Å². The zero-order chi connectivity index (χ0) is 9.61. The summed E-state index contributed by atoms with van der Waals surface area (Å²) in [5.74, 6) is -0.556. The molecule has 0 saturated heterocycles. The number of hydrogen-bond donors (Lipinski definition) is 2. The molecule has 0 aromatic heterocycles. The first-order valence-electron chi connectivity index (χ1n) is 3.01. The molecule has 5 nitrogen and oxygen atoms in total. The highest BCUT2D eigenvalue weighted by molar-refractivity contribution is 7.88. The summed E-state index contributed by atoms with van der Waals surface area (Å²) in [6.45, 7) is 3.26. The van der Waals surface area contributed by atoms with Gasteiger partial charge in [0, 0.05) is 0 Å². The normalized spacial score (nSPS) is 12.9. The van der Waals surface area contributed by atoms with E-state index in [4.69, 9.17) is 9.66 Å². The minimum Gasteiger partial charge on any atom is -0.509 e. The fourth-order valence-corrected chi connectivity index (χ4v) is 0.865. The Hall–Kier alpha value is -0.850. The molecule has 0 aliphatic carbocycles. The zero-order valence-corrected chi connectivity index (χ0v) is 7.12. The molecule has 70 valence electrons. The summed E-state index contributed by atoms with van der Waals surface area (Å²) in [4.78, 5) is 0. The van der Waals surface area contributed by atoms with Crippen molar-refractivity contribution < 1.29 is 22.8 Å². The average Bonchev–Trinajstić information content (AvgIpc) is 1.84. The minimum absolute atomic E-state index is 0.198. The molecule has 0 aliphatic rings. The van der Waals surface area contributed by atoms with Crippen LogP contribution in [0, 0.1) is 0 Å². The van der Waals surface area contributed by atoms with E-state index in [1.54, 1.807) is 0 Å². The van der Waals surface area contributed by atoms with Gasteiger partial charge in [0.1, 0.15) is 12.4 Å². The molecule has 12 heavy (non-hydrogen) atoms. The molecule has 6 heteroatoms. The summed E-state index contributed by atoms with van der Waals surface area (Å²) in [5, 5.41) is 9.09. The molecular formula is C6H10O5S. The van der Waals surface area contributed by atoms with Crippen LogP contribution in [0.3, 0.4) is 0 Å². The lowest BCUT2D eigenvalue weighted by Gasteiger charge is -1.98. The third-order valence-corrected chi connectivity index (χ3v) is 1.34. The van der Waals surface area contributed by atoms with Gasteiger partial charge in [0.15, 0.2) is 0 Å². The van der Waals surface area contributed by atoms with Crippen molar-refractivity contribution in [2.24, 2.45) is 0 Å². The highest BCUT2D eigenvalue weighted by atomic mass is 32.2. The Kier molecular flexibility index (Phi) is 4.57. The first kappa shape index (κ1) is 11.2. The molecule has 0 aliphatic heterocycles. The Morgan fingerprint density at radius 2 is 2.17 bits per heavy atom. The van der Waals surface area contributed by atoms with Crippen molar-refractivity contribution in [1.82, 2.24) is 0 Å². The van der Waals surface area contributed by atoms with Crippen LogP contribution in [0.15, 0.2) is 23.8 Å². The van der Waals surface area contributed by atoms with E-state index in [0.29, 0.717) is 5.41 Å². The molecule has 0 radical (unpaired) electrons. The van der Waals surface area contributed by atoms with Crippen LogP contribution in [-0.4, -0.2) is 31.3 Å². The third kappa shape index (κ3) is 7.26. The molecule has 0 saturated carbocycles. The largest absolute Gasteiger partial charge is 0.509 e. The van der Waals surface area contributed by atoms with Crippen LogP contribution in [0.2, 0.25) is 0 Å². The van der Waals surface area contributed by atoms with Gasteiger partial charge < -0.3 is 9.84 Å². The van der Waals surface area contributed by atoms with Gasteiger partial charge in [-0.05, 0) is 0 Å². The van der Waals surface area contributed by atoms with Gasteiger partial charge in [-0.25, -0.2) is 0 Å². The highest BCUT2D eigenvalue weighted by Crippen LogP contribution is 1.94. The number of aliphatic hydroxyl groups is 1. The molecule has 2 N–H and O–H groups in total. The molecular weight excluding hydrogens is 184 g/mol. The summed E-state index contributed by atoms with van der Waals surface area (Å²) >= 11 is 0. The quantitative estimate of drug-likeness (QED) is 0.288. The van der Waals surface area contributed by atoms with E-state index in [1.165, 1.54) is 6.08 Å². The van der Waals surface area contributed by atoms with Crippen LogP contribution in [0.5, 0.6) is 0 Å². The monoisotopic (exact) mass is 194 g/mol. The molecule has 0 spiro atoms. The van der Waals surface area contributed by atoms with E-state index in [-0.39, 0.29) is 13.2 Å². The van der Waals surface area contributed by atoms with Gasteiger partial charge in [0.05, 0.1) is 12.0 Å². The summed E-state index contributed by atoms with van der Waals surface area (Å²) in [7, 11) is -4.28. The maximum absolute atomic E-state index is 10.1. The van der Waals surface area contributed by atoms with Crippen molar-refractivity contribution in [3.05, 3.63) is 23.8 Å². The highest BCUT2D eigenvalue weighted by Gasteiger charge is 2.01. The van der Waals surface area contributed by atoms with Crippen LogP contribution in [-0.2, 0) is 14.9 Å². The van der Waals surface area contributed by atoms with Crippen LogP contribution in [0.25, 0.3) is 0 Å². The Morgan fingerprint density at radius 1 is 1.58 bits per heavy atom. The van der Waals surface area contributed by atoms with E-state index in [9.17, 15) is 8.42 Å².